The second-order valence-electron chi connectivity index (χ2n) is 5.03. The molecule has 2 N–H and O–H groups in total. The summed E-state index contributed by atoms with van der Waals surface area (Å²) < 4.78 is 6.94. The topological polar surface area (TPSA) is 64.3 Å². The van der Waals surface area contributed by atoms with Crippen molar-refractivity contribution in [3.63, 3.8) is 0 Å². The standard InChI is InChI=1S/C15H17BrN4O/c16-11-3-5-13(6-4-11)21-10-12-2-1-9-20(12)14-7-8-18-15(17)19-14/h3-8,12H,1-2,9-10H2,(H2,17,18,19)/t12-/m0/s1. The number of rotatable bonds is 4. The molecule has 0 unspecified atom stereocenters. The van der Waals surface area contributed by atoms with Gasteiger partial charge in [-0.25, -0.2) is 4.98 Å². The maximum Gasteiger partial charge on any atom is 0.221 e. The van der Waals surface area contributed by atoms with Gasteiger partial charge in [0.05, 0.1) is 6.04 Å². The van der Waals surface area contributed by atoms with Gasteiger partial charge in [-0.1, -0.05) is 15.9 Å². The monoisotopic (exact) mass is 348 g/mol. The number of nitrogens with zero attached hydrogens (tertiary/aromatic N) is 3. The Morgan fingerprint density at radius 3 is 2.86 bits per heavy atom. The largest absolute Gasteiger partial charge is 0.491 e. The molecule has 0 saturated carbocycles. The average Bonchev–Trinajstić information content (AvgIpc) is 2.95. The van der Waals surface area contributed by atoms with Gasteiger partial charge in [-0.3, -0.25) is 0 Å². The van der Waals surface area contributed by atoms with E-state index in [1.165, 1.54) is 0 Å². The molecule has 0 spiro atoms. The quantitative estimate of drug-likeness (QED) is 0.920. The van der Waals surface area contributed by atoms with E-state index in [0.29, 0.717) is 18.6 Å². The molecular weight excluding hydrogens is 332 g/mol. The van der Waals surface area contributed by atoms with Crippen LogP contribution in [0.3, 0.4) is 0 Å². The number of halogens is 1. The van der Waals surface area contributed by atoms with Crippen LogP contribution in [0.1, 0.15) is 12.8 Å². The van der Waals surface area contributed by atoms with Gasteiger partial charge in [0.1, 0.15) is 18.2 Å². The van der Waals surface area contributed by atoms with E-state index in [0.717, 1.165) is 35.4 Å². The highest BCUT2D eigenvalue weighted by atomic mass is 79.9. The van der Waals surface area contributed by atoms with Gasteiger partial charge in [-0.2, -0.15) is 4.98 Å². The number of anilines is 2. The van der Waals surface area contributed by atoms with E-state index in [1.54, 1.807) is 6.20 Å². The molecule has 1 aromatic carbocycles. The molecule has 3 rings (SSSR count). The molecule has 0 aliphatic carbocycles. The number of ether oxygens (including phenoxy) is 1. The van der Waals surface area contributed by atoms with Crippen molar-refractivity contribution in [2.75, 3.05) is 23.8 Å². The van der Waals surface area contributed by atoms with E-state index in [1.807, 2.05) is 30.3 Å². The van der Waals surface area contributed by atoms with Gasteiger partial charge in [-0.15, -0.1) is 0 Å². The molecule has 110 valence electrons. The zero-order valence-corrected chi connectivity index (χ0v) is 13.2. The smallest absolute Gasteiger partial charge is 0.221 e. The number of hydrogen-bond acceptors (Lipinski definition) is 5. The molecule has 0 amide bonds. The molecule has 6 heteroatoms. The van der Waals surface area contributed by atoms with Gasteiger partial charge in [0.15, 0.2) is 0 Å². The fourth-order valence-corrected chi connectivity index (χ4v) is 2.82. The molecule has 2 aromatic rings. The van der Waals surface area contributed by atoms with E-state index in [2.05, 4.69) is 30.8 Å². The van der Waals surface area contributed by atoms with Crippen LogP contribution in [0.25, 0.3) is 0 Å². The fourth-order valence-electron chi connectivity index (χ4n) is 2.56. The molecule has 0 bridgehead atoms. The molecule has 0 radical (unpaired) electrons. The number of aromatic nitrogens is 2. The van der Waals surface area contributed by atoms with Crippen LogP contribution in [0, 0.1) is 0 Å². The third-order valence-corrected chi connectivity index (χ3v) is 4.12. The van der Waals surface area contributed by atoms with Crippen LogP contribution >= 0.6 is 15.9 Å². The Morgan fingerprint density at radius 2 is 2.10 bits per heavy atom. The third-order valence-electron chi connectivity index (χ3n) is 3.59. The molecule has 5 nitrogen and oxygen atoms in total. The molecule has 1 saturated heterocycles. The van der Waals surface area contributed by atoms with Crippen LogP contribution < -0.4 is 15.4 Å². The van der Waals surface area contributed by atoms with Crippen LogP contribution in [0.5, 0.6) is 5.75 Å². The fraction of sp³-hybridized carbons (Fsp3) is 0.333. The van der Waals surface area contributed by atoms with Crippen molar-refractivity contribution < 1.29 is 4.74 Å². The minimum atomic E-state index is 0.312. The van der Waals surface area contributed by atoms with Gasteiger partial charge in [0, 0.05) is 17.2 Å². The van der Waals surface area contributed by atoms with Crippen molar-refractivity contribution in [2.45, 2.75) is 18.9 Å². The first-order chi connectivity index (χ1) is 10.2. The van der Waals surface area contributed by atoms with Gasteiger partial charge in [0.2, 0.25) is 5.95 Å². The Kier molecular flexibility index (Phi) is 4.24. The van der Waals surface area contributed by atoms with E-state index in [4.69, 9.17) is 10.5 Å². The van der Waals surface area contributed by atoms with Crippen LogP contribution in [0.2, 0.25) is 0 Å². The number of hydrogen-bond donors (Lipinski definition) is 1. The summed E-state index contributed by atoms with van der Waals surface area (Å²) in [6.45, 7) is 1.62. The predicted molar refractivity (Wildman–Crippen MR) is 86.4 cm³/mol. The zero-order chi connectivity index (χ0) is 14.7. The highest BCUT2D eigenvalue weighted by Crippen LogP contribution is 2.25. The maximum atomic E-state index is 5.89. The highest BCUT2D eigenvalue weighted by molar-refractivity contribution is 9.10. The van der Waals surface area contributed by atoms with Gasteiger partial charge >= 0.3 is 0 Å². The minimum Gasteiger partial charge on any atom is -0.491 e. The van der Waals surface area contributed by atoms with Crippen molar-refractivity contribution in [2.24, 2.45) is 0 Å². The first-order valence-electron chi connectivity index (χ1n) is 6.96. The highest BCUT2D eigenvalue weighted by Gasteiger charge is 2.26. The Balaban J connectivity index is 1.65. The van der Waals surface area contributed by atoms with Crippen molar-refractivity contribution in [3.8, 4) is 5.75 Å². The maximum absolute atomic E-state index is 5.89. The zero-order valence-electron chi connectivity index (χ0n) is 11.6. The second kappa shape index (κ2) is 6.30. The molecule has 1 aliphatic rings. The molecule has 1 fully saturated rings. The van der Waals surface area contributed by atoms with Gasteiger partial charge in [-0.05, 0) is 43.2 Å². The summed E-state index contributed by atoms with van der Waals surface area (Å²) in [4.78, 5) is 10.5. The lowest BCUT2D eigenvalue weighted by molar-refractivity contribution is 0.288. The molecule has 1 atom stereocenters. The average molecular weight is 349 g/mol. The van der Waals surface area contributed by atoms with E-state index >= 15 is 0 Å². The summed E-state index contributed by atoms with van der Waals surface area (Å²) in [6, 6.07) is 10.1. The van der Waals surface area contributed by atoms with E-state index in [-0.39, 0.29) is 0 Å². The van der Waals surface area contributed by atoms with Crippen LogP contribution in [-0.4, -0.2) is 29.2 Å². The van der Waals surface area contributed by atoms with E-state index < -0.39 is 0 Å². The van der Waals surface area contributed by atoms with Crippen molar-refractivity contribution in [1.29, 1.82) is 0 Å². The summed E-state index contributed by atoms with van der Waals surface area (Å²) in [6.07, 6.45) is 3.93. The lowest BCUT2D eigenvalue weighted by Gasteiger charge is -2.25. The third kappa shape index (κ3) is 3.44. The SMILES string of the molecule is Nc1nccc(N2CCC[C@H]2COc2ccc(Br)cc2)n1. The number of nitrogen functional groups attached to an aromatic ring is 1. The Hall–Kier alpha value is -1.82. The Bertz CT molecular complexity index is 605. The predicted octanol–water partition coefficient (Wildman–Crippen LogP) is 2.87. The van der Waals surface area contributed by atoms with Crippen LogP contribution in [0.4, 0.5) is 11.8 Å². The summed E-state index contributed by atoms with van der Waals surface area (Å²) in [5, 5.41) is 0. The Morgan fingerprint density at radius 1 is 1.29 bits per heavy atom. The lowest BCUT2D eigenvalue weighted by atomic mass is 10.2. The molecule has 1 aliphatic heterocycles. The summed E-state index contributed by atoms with van der Waals surface area (Å²) in [5.41, 5.74) is 5.67. The van der Waals surface area contributed by atoms with Crippen molar-refractivity contribution in [3.05, 3.63) is 41.0 Å². The van der Waals surface area contributed by atoms with Crippen molar-refractivity contribution in [1.82, 2.24) is 9.97 Å². The van der Waals surface area contributed by atoms with Gasteiger partial charge < -0.3 is 15.4 Å². The molecule has 2 heterocycles. The van der Waals surface area contributed by atoms with Crippen LogP contribution in [0.15, 0.2) is 41.0 Å². The number of benzene rings is 1. The first kappa shape index (κ1) is 14.1. The van der Waals surface area contributed by atoms with Gasteiger partial charge in [0.25, 0.3) is 0 Å². The first-order valence-corrected chi connectivity index (χ1v) is 7.75. The summed E-state index contributed by atoms with van der Waals surface area (Å²) in [7, 11) is 0. The summed E-state index contributed by atoms with van der Waals surface area (Å²) in [5.74, 6) is 2.07. The summed E-state index contributed by atoms with van der Waals surface area (Å²) >= 11 is 3.42. The number of nitrogens with two attached hydrogens (primary N) is 1. The van der Waals surface area contributed by atoms with E-state index in [9.17, 15) is 0 Å². The molecule has 1 aromatic heterocycles. The molecular formula is C15H17BrN4O. The second-order valence-corrected chi connectivity index (χ2v) is 5.94. The van der Waals surface area contributed by atoms with Crippen molar-refractivity contribution >= 4 is 27.7 Å². The minimum absolute atomic E-state index is 0.312. The lowest BCUT2D eigenvalue weighted by Crippen LogP contribution is -2.34. The van der Waals surface area contributed by atoms with Crippen LogP contribution in [-0.2, 0) is 0 Å². The molecule has 21 heavy (non-hydrogen) atoms. The Labute approximate surface area is 132 Å². The normalized spacial score (nSPS) is 18.0.